The predicted molar refractivity (Wildman–Crippen MR) is 197 cm³/mol. The third kappa shape index (κ3) is 4.30. The first-order chi connectivity index (χ1) is 23.8. The Balaban J connectivity index is 1.18. The maximum Gasteiger partial charge on any atom is 0.160 e. The molecule has 0 aliphatic heterocycles. The number of furan rings is 1. The Labute approximate surface area is 277 Å². The van der Waals surface area contributed by atoms with E-state index < -0.39 is 0 Å². The smallest absolute Gasteiger partial charge is 0.160 e. The third-order valence-corrected chi connectivity index (χ3v) is 9.99. The molecule has 0 fully saturated rings. The quantitative estimate of drug-likeness (QED) is 0.197. The normalized spacial score (nSPS) is 13.1. The summed E-state index contributed by atoms with van der Waals surface area (Å²) in [4.78, 5) is 10.4. The molecule has 4 nitrogen and oxygen atoms in total. The van der Waals surface area contributed by atoms with Gasteiger partial charge in [0.25, 0.3) is 0 Å². The molecular formula is C44H31N3O. The van der Waals surface area contributed by atoms with E-state index >= 15 is 0 Å². The molecule has 3 heterocycles. The van der Waals surface area contributed by atoms with Gasteiger partial charge in [-0.05, 0) is 79.1 Å². The summed E-state index contributed by atoms with van der Waals surface area (Å²) in [7, 11) is 0. The van der Waals surface area contributed by atoms with Crippen LogP contribution in [0.25, 0.3) is 83.2 Å². The van der Waals surface area contributed by atoms with E-state index in [1.165, 1.54) is 51.5 Å². The van der Waals surface area contributed by atoms with Crippen molar-refractivity contribution < 1.29 is 4.42 Å². The highest BCUT2D eigenvalue weighted by atomic mass is 16.3. The van der Waals surface area contributed by atoms with Gasteiger partial charge in [0.2, 0.25) is 0 Å². The van der Waals surface area contributed by atoms with E-state index in [1.54, 1.807) is 0 Å². The highest BCUT2D eigenvalue weighted by Gasteiger charge is 2.23. The maximum atomic E-state index is 6.13. The molecule has 0 bridgehead atoms. The highest BCUT2D eigenvalue weighted by molar-refractivity contribution is 6.09. The van der Waals surface area contributed by atoms with Gasteiger partial charge in [-0.1, -0.05) is 97.1 Å². The van der Waals surface area contributed by atoms with Crippen molar-refractivity contribution in [1.29, 1.82) is 0 Å². The summed E-state index contributed by atoms with van der Waals surface area (Å²) in [5.41, 5.74) is 12.1. The average Bonchev–Trinajstić information content (AvgIpc) is 3.71. The molecule has 0 spiro atoms. The van der Waals surface area contributed by atoms with Crippen molar-refractivity contribution in [1.82, 2.24) is 14.5 Å². The molecule has 3 aromatic heterocycles. The van der Waals surface area contributed by atoms with Crippen LogP contribution in [0, 0.1) is 0 Å². The maximum absolute atomic E-state index is 6.13. The summed E-state index contributed by atoms with van der Waals surface area (Å²) in [6, 6.07) is 49.3. The molecular weight excluding hydrogens is 587 g/mol. The molecule has 0 saturated heterocycles. The van der Waals surface area contributed by atoms with Crippen LogP contribution in [0.4, 0.5) is 0 Å². The van der Waals surface area contributed by atoms with Crippen LogP contribution in [0.1, 0.15) is 24.1 Å². The van der Waals surface area contributed by atoms with Crippen LogP contribution in [-0.4, -0.2) is 14.5 Å². The van der Waals surface area contributed by atoms with Crippen molar-refractivity contribution in [2.24, 2.45) is 0 Å². The Hall–Kier alpha value is -6.00. The van der Waals surface area contributed by atoms with Gasteiger partial charge in [-0.25, -0.2) is 9.97 Å². The van der Waals surface area contributed by atoms with E-state index in [0.29, 0.717) is 5.82 Å². The second-order valence-corrected chi connectivity index (χ2v) is 12.8. The number of aromatic nitrogens is 3. The molecule has 6 aromatic carbocycles. The lowest BCUT2D eigenvalue weighted by Gasteiger charge is -2.17. The Morgan fingerprint density at radius 2 is 1.25 bits per heavy atom. The standard InChI is InChI=1S/C44H31N3O/c1-2-12-29(13-3-1)38-27-39(46-44(45-38)31-22-24-42-37(26-31)35-18-7-9-20-41(35)48-42)30-14-10-15-32(25-30)47-40-19-8-6-17-34(40)36-23-21-28-11-4-5-16-33(28)43(36)47/h1-5,7,9-16,18,20-27H,6,8,17,19H2. The van der Waals surface area contributed by atoms with Crippen LogP contribution in [0.15, 0.2) is 144 Å². The summed E-state index contributed by atoms with van der Waals surface area (Å²) in [6.07, 6.45) is 4.67. The van der Waals surface area contributed by atoms with Crippen molar-refractivity contribution in [2.45, 2.75) is 25.7 Å². The summed E-state index contributed by atoms with van der Waals surface area (Å²) >= 11 is 0. The molecule has 4 heteroatoms. The van der Waals surface area contributed by atoms with E-state index in [-0.39, 0.29) is 0 Å². The first-order valence-corrected chi connectivity index (χ1v) is 16.8. The number of nitrogens with zero attached hydrogens (tertiary/aromatic N) is 3. The lowest BCUT2D eigenvalue weighted by molar-refractivity contribution is 0.667. The van der Waals surface area contributed by atoms with Gasteiger partial charge in [0.1, 0.15) is 11.2 Å². The number of hydrogen-bond acceptors (Lipinski definition) is 3. The number of rotatable bonds is 4. The van der Waals surface area contributed by atoms with Gasteiger partial charge in [0.05, 0.1) is 16.9 Å². The molecule has 0 N–H and O–H groups in total. The van der Waals surface area contributed by atoms with E-state index in [9.17, 15) is 0 Å². The zero-order valence-corrected chi connectivity index (χ0v) is 26.4. The monoisotopic (exact) mass is 617 g/mol. The molecule has 0 saturated carbocycles. The lowest BCUT2D eigenvalue weighted by atomic mass is 9.95. The van der Waals surface area contributed by atoms with Crippen molar-refractivity contribution in [3.63, 3.8) is 0 Å². The minimum Gasteiger partial charge on any atom is -0.456 e. The molecule has 1 aliphatic carbocycles. The summed E-state index contributed by atoms with van der Waals surface area (Å²) < 4.78 is 8.67. The summed E-state index contributed by atoms with van der Waals surface area (Å²) in [5, 5.41) is 6.11. The molecule has 0 radical (unpaired) electrons. The van der Waals surface area contributed by atoms with Crippen molar-refractivity contribution >= 4 is 43.6 Å². The molecule has 228 valence electrons. The third-order valence-electron chi connectivity index (χ3n) is 9.99. The minimum absolute atomic E-state index is 0.693. The van der Waals surface area contributed by atoms with Crippen LogP contribution in [0.3, 0.4) is 0 Å². The Kier molecular flexibility index (Phi) is 6.10. The predicted octanol–water partition coefficient (Wildman–Crippen LogP) is 11.4. The second-order valence-electron chi connectivity index (χ2n) is 12.8. The number of para-hydroxylation sites is 1. The van der Waals surface area contributed by atoms with Crippen LogP contribution >= 0.6 is 0 Å². The Morgan fingerprint density at radius 1 is 0.500 bits per heavy atom. The summed E-state index contributed by atoms with van der Waals surface area (Å²) in [5.74, 6) is 0.693. The van der Waals surface area contributed by atoms with Crippen LogP contribution < -0.4 is 0 Å². The van der Waals surface area contributed by atoms with Crippen LogP contribution in [-0.2, 0) is 12.8 Å². The molecule has 0 amide bonds. The van der Waals surface area contributed by atoms with Gasteiger partial charge < -0.3 is 8.98 Å². The topological polar surface area (TPSA) is 43.9 Å². The fourth-order valence-electron chi connectivity index (χ4n) is 7.74. The van der Waals surface area contributed by atoms with Crippen molar-refractivity contribution in [2.75, 3.05) is 0 Å². The molecule has 10 rings (SSSR count). The van der Waals surface area contributed by atoms with E-state index in [1.807, 2.05) is 24.3 Å². The first-order valence-electron chi connectivity index (χ1n) is 16.8. The van der Waals surface area contributed by atoms with Gasteiger partial charge in [0, 0.05) is 49.6 Å². The second kappa shape index (κ2) is 10.8. The molecule has 1 aliphatic rings. The van der Waals surface area contributed by atoms with Gasteiger partial charge in [0.15, 0.2) is 5.82 Å². The first kappa shape index (κ1) is 27.1. The molecule has 48 heavy (non-hydrogen) atoms. The lowest BCUT2D eigenvalue weighted by Crippen LogP contribution is -2.07. The van der Waals surface area contributed by atoms with Crippen molar-refractivity contribution in [3.05, 3.63) is 151 Å². The van der Waals surface area contributed by atoms with E-state index in [0.717, 1.165) is 62.9 Å². The fraction of sp³-hybridized carbons (Fsp3) is 0.0909. The van der Waals surface area contributed by atoms with Crippen LogP contribution in [0.2, 0.25) is 0 Å². The molecule has 9 aromatic rings. The summed E-state index contributed by atoms with van der Waals surface area (Å²) in [6.45, 7) is 0. The fourth-order valence-corrected chi connectivity index (χ4v) is 7.74. The van der Waals surface area contributed by atoms with Crippen molar-refractivity contribution in [3.8, 4) is 39.6 Å². The van der Waals surface area contributed by atoms with Gasteiger partial charge in [-0.2, -0.15) is 0 Å². The Bertz CT molecular complexity index is 2680. The number of hydrogen-bond donors (Lipinski definition) is 0. The van der Waals surface area contributed by atoms with E-state index in [4.69, 9.17) is 14.4 Å². The SMILES string of the molecule is c1ccc(-c2cc(-c3cccc(-n4c5c(c6ccc7ccccc7c64)CCCC5)c3)nc(-c3ccc4oc5ccccc5c4c3)n2)cc1. The molecule has 0 atom stereocenters. The number of benzene rings is 6. The van der Waals surface area contributed by atoms with Gasteiger partial charge in [-0.3, -0.25) is 0 Å². The number of fused-ring (bicyclic) bond motifs is 8. The largest absolute Gasteiger partial charge is 0.456 e. The zero-order chi connectivity index (χ0) is 31.6. The minimum atomic E-state index is 0.693. The van der Waals surface area contributed by atoms with Gasteiger partial charge >= 0.3 is 0 Å². The number of aryl methyl sites for hydroxylation is 1. The molecule has 0 unspecified atom stereocenters. The van der Waals surface area contributed by atoms with E-state index in [2.05, 4.69) is 120 Å². The highest BCUT2D eigenvalue weighted by Crippen LogP contribution is 2.39. The Morgan fingerprint density at radius 3 is 2.17 bits per heavy atom. The average molecular weight is 618 g/mol. The van der Waals surface area contributed by atoms with Crippen LogP contribution in [0.5, 0.6) is 0 Å². The zero-order valence-electron chi connectivity index (χ0n) is 26.4. The van der Waals surface area contributed by atoms with Gasteiger partial charge in [-0.15, -0.1) is 0 Å².